The second-order valence-electron chi connectivity index (χ2n) is 2.47. The van der Waals surface area contributed by atoms with Gasteiger partial charge in [-0.3, -0.25) is 4.79 Å². The van der Waals surface area contributed by atoms with Crippen LogP contribution in [0.4, 0.5) is 0 Å². The Bertz CT molecular complexity index is 165. The van der Waals surface area contributed by atoms with Crippen molar-refractivity contribution >= 4 is 11.9 Å². The molecule has 0 N–H and O–H groups in total. The third-order valence-electron chi connectivity index (χ3n) is 1.33. The van der Waals surface area contributed by atoms with Crippen molar-refractivity contribution in [1.29, 1.82) is 0 Å². The zero-order valence-electron chi connectivity index (χ0n) is 8.04. The highest BCUT2D eigenvalue weighted by Crippen LogP contribution is 1.90. The molecule has 0 aromatic heterocycles. The first-order valence-corrected chi connectivity index (χ1v) is 4.32. The summed E-state index contributed by atoms with van der Waals surface area (Å²) in [4.78, 5) is 21.4. The molecule has 0 aliphatic rings. The van der Waals surface area contributed by atoms with Crippen molar-refractivity contribution in [1.82, 2.24) is 0 Å². The van der Waals surface area contributed by atoms with E-state index in [2.05, 4.69) is 4.74 Å². The summed E-state index contributed by atoms with van der Waals surface area (Å²) in [5.41, 5.74) is 0. The van der Waals surface area contributed by atoms with E-state index in [1.807, 2.05) is 6.92 Å². The highest BCUT2D eigenvalue weighted by molar-refractivity contribution is 5.81. The zero-order valence-corrected chi connectivity index (χ0v) is 8.04. The molecule has 0 bridgehead atoms. The number of esters is 2. The quantitative estimate of drug-likeness (QED) is 0.461. The van der Waals surface area contributed by atoms with E-state index in [0.717, 1.165) is 12.8 Å². The first-order valence-electron chi connectivity index (χ1n) is 4.32. The van der Waals surface area contributed by atoms with Gasteiger partial charge in [-0.15, -0.1) is 0 Å². The topological polar surface area (TPSA) is 52.6 Å². The molecule has 0 fully saturated rings. The number of carbonyl (C=O) groups excluding carboxylic acids is 2. The standard InChI is InChI=1S/C9H15O4/c1-3-5-6-12-9(11)7-13-8(10)4-2/h4H,3,5-7H2,1-2H3. The number of ether oxygens (including phenoxy) is 2. The molecular formula is C9H15O4. The lowest BCUT2D eigenvalue weighted by Gasteiger charge is -2.03. The summed E-state index contributed by atoms with van der Waals surface area (Å²) >= 11 is 0. The van der Waals surface area contributed by atoms with Crippen molar-refractivity contribution in [3.8, 4) is 0 Å². The number of unbranched alkanes of at least 4 members (excludes halogenated alkanes) is 1. The van der Waals surface area contributed by atoms with E-state index < -0.39 is 11.9 Å². The van der Waals surface area contributed by atoms with Crippen molar-refractivity contribution in [3.63, 3.8) is 0 Å². The summed E-state index contributed by atoms with van der Waals surface area (Å²) in [5.74, 6) is -1.00. The highest BCUT2D eigenvalue weighted by Gasteiger charge is 2.05. The molecule has 13 heavy (non-hydrogen) atoms. The molecule has 0 aromatic carbocycles. The SMILES string of the molecule is C[CH]C(=O)OCC(=O)OCCCC. The minimum absolute atomic E-state index is 0.299. The smallest absolute Gasteiger partial charge is 0.344 e. The largest absolute Gasteiger partial charge is 0.463 e. The van der Waals surface area contributed by atoms with Crippen LogP contribution in [0.15, 0.2) is 0 Å². The molecule has 0 amide bonds. The van der Waals surface area contributed by atoms with E-state index in [4.69, 9.17) is 4.74 Å². The van der Waals surface area contributed by atoms with Gasteiger partial charge >= 0.3 is 11.9 Å². The summed E-state index contributed by atoms with van der Waals surface area (Å²) in [5, 5.41) is 0. The first-order chi connectivity index (χ1) is 6.20. The average Bonchev–Trinajstić information content (AvgIpc) is 2.14. The monoisotopic (exact) mass is 187 g/mol. The summed E-state index contributed by atoms with van der Waals surface area (Å²) in [6.45, 7) is 3.64. The molecule has 0 unspecified atom stereocenters. The Morgan fingerprint density at radius 1 is 1.31 bits per heavy atom. The van der Waals surface area contributed by atoms with E-state index in [1.54, 1.807) is 6.92 Å². The van der Waals surface area contributed by atoms with Crippen LogP contribution in [0.5, 0.6) is 0 Å². The van der Waals surface area contributed by atoms with Gasteiger partial charge in [0, 0.05) is 0 Å². The van der Waals surface area contributed by atoms with Crippen LogP contribution in [0, 0.1) is 6.42 Å². The van der Waals surface area contributed by atoms with Crippen molar-refractivity contribution in [2.75, 3.05) is 13.2 Å². The Morgan fingerprint density at radius 3 is 2.54 bits per heavy atom. The maximum absolute atomic E-state index is 10.8. The van der Waals surface area contributed by atoms with E-state index in [-0.39, 0.29) is 6.61 Å². The van der Waals surface area contributed by atoms with Gasteiger partial charge in [-0.2, -0.15) is 0 Å². The first kappa shape index (κ1) is 11.9. The lowest BCUT2D eigenvalue weighted by molar-refractivity contribution is -0.156. The van der Waals surface area contributed by atoms with Gasteiger partial charge in [0.15, 0.2) is 6.61 Å². The van der Waals surface area contributed by atoms with Gasteiger partial charge in [0.2, 0.25) is 0 Å². The summed E-state index contributed by atoms with van der Waals surface area (Å²) in [6, 6.07) is 0. The van der Waals surface area contributed by atoms with Crippen LogP contribution in [-0.4, -0.2) is 25.2 Å². The van der Waals surface area contributed by atoms with Crippen LogP contribution in [-0.2, 0) is 19.1 Å². The van der Waals surface area contributed by atoms with Gasteiger partial charge in [-0.25, -0.2) is 4.79 Å². The Kier molecular flexibility index (Phi) is 6.96. The fraction of sp³-hybridized carbons (Fsp3) is 0.667. The number of hydrogen-bond acceptors (Lipinski definition) is 4. The second kappa shape index (κ2) is 7.58. The van der Waals surface area contributed by atoms with Gasteiger partial charge in [0.05, 0.1) is 13.0 Å². The fourth-order valence-corrected chi connectivity index (χ4v) is 0.585. The molecule has 0 aliphatic carbocycles. The van der Waals surface area contributed by atoms with E-state index in [0.29, 0.717) is 6.61 Å². The van der Waals surface area contributed by atoms with Gasteiger partial charge in [0.1, 0.15) is 0 Å². The molecule has 0 spiro atoms. The van der Waals surface area contributed by atoms with Crippen LogP contribution < -0.4 is 0 Å². The third kappa shape index (κ3) is 7.31. The summed E-state index contributed by atoms with van der Waals surface area (Å²) in [7, 11) is 0. The molecule has 0 aliphatic heterocycles. The number of hydrogen-bond donors (Lipinski definition) is 0. The Labute approximate surface area is 78.2 Å². The van der Waals surface area contributed by atoms with Gasteiger partial charge in [-0.1, -0.05) is 20.3 Å². The van der Waals surface area contributed by atoms with E-state index >= 15 is 0 Å². The molecule has 0 atom stereocenters. The molecule has 0 aromatic rings. The minimum Gasteiger partial charge on any atom is -0.463 e. The number of carbonyl (C=O) groups is 2. The van der Waals surface area contributed by atoms with Crippen LogP contribution in [0.25, 0.3) is 0 Å². The van der Waals surface area contributed by atoms with Gasteiger partial charge in [0.25, 0.3) is 0 Å². The summed E-state index contributed by atoms with van der Waals surface area (Å²) in [6.07, 6.45) is 3.05. The molecule has 4 nitrogen and oxygen atoms in total. The van der Waals surface area contributed by atoms with Gasteiger partial charge in [-0.05, 0) is 6.42 Å². The van der Waals surface area contributed by atoms with E-state index in [1.165, 1.54) is 6.42 Å². The minimum atomic E-state index is -0.507. The van der Waals surface area contributed by atoms with Crippen LogP contribution in [0.3, 0.4) is 0 Å². The lowest BCUT2D eigenvalue weighted by atomic mass is 10.4. The zero-order chi connectivity index (χ0) is 10.1. The summed E-state index contributed by atoms with van der Waals surface area (Å²) < 4.78 is 9.26. The maximum atomic E-state index is 10.8. The molecule has 75 valence electrons. The van der Waals surface area contributed by atoms with Crippen LogP contribution in [0.1, 0.15) is 26.7 Å². The Morgan fingerprint density at radius 2 is 2.00 bits per heavy atom. The van der Waals surface area contributed by atoms with E-state index in [9.17, 15) is 9.59 Å². The Balaban J connectivity index is 3.35. The van der Waals surface area contributed by atoms with Gasteiger partial charge < -0.3 is 9.47 Å². The molecular weight excluding hydrogens is 172 g/mol. The molecule has 1 radical (unpaired) electrons. The normalized spacial score (nSPS) is 9.38. The van der Waals surface area contributed by atoms with Crippen LogP contribution in [0.2, 0.25) is 0 Å². The third-order valence-corrected chi connectivity index (χ3v) is 1.33. The predicted octanol–water partition coefficient (Wildman–Crippen LogP) is 1.10. The average molecular weight is 187 g/mol. The van der Waals surface area contributed by atoms with Crippen molar-refractivity contribution in [3.05, 3.63) is 6.42 Å². The van der Waals surface area contributed by atoms with Crippen molar-refractivity contribution < 1.29 is 19.1 Å². The van der Waals surface area contributed by atoms with Crippen LogP contribution >= 0.6 is 0 Å². The maximum Gasteiger partial charge on any atom is 0.344 e. The fourth-order valence-electron chi connectivity index (χ4n) is 0.585. The molecule has 4 heteroatoms. The molecule has 0 heterocycles. The molecule has 0 rings (SSSR count). The number of rotatable bonds is 6. The Hall–Kier alpha value is -1.06. The second-order valence-corrected chi connectivity index (χ2v) is 2.47. The lowest BCUT2D eigenvalue weighted by Crippen LogP contribution is -2.16. The molecule has 0 saturated carbocycles. The highest BCUT2D eigenvalue weighted by atomic mass is 16.6. The van der Waals surface area contributed by atoms with Crippen molar-refractivity contribution in [2.24, 2.45) is 0 Å². The molecule has 0 saturated heterocycles. The predicted molar refractivity (Wildman–Crippen MR) is 46.8 cm³/mol. The van der Waals surface area contributed by atoms with Crippen molar-refractivity contribution in [2.45, 2.75) is 26.7 Å².